The molecule has 1 aromatic rings. The third-order valence-corrected chi connectivity index (χ3v) is 3.38. The Labute approximate surface area is 93.6 Å². The maximum absolute atomic E-state index is 11.1. The van der Waals surface area contributed by atoms with Crippen molar-refractivity contribution in [1.82, 2.24) is 4.98 Å². The van der Waals surface area contributed by atoms with Crippen molar-refractivity contribution in [3.8, 4) is 0 Å². The van der Waals surface area contributed by atoms with Crippen molar-refractivity contribution in [2.45, 2.75) is 19.8 Å². The molecule has 0 aliphatic rings. The highest BCUT2D eigenvalue weighted by molar-refractivity contribution is 7.15. The van der Waals surface area contributed by atoms with Gasteiger partial charge in [-0.05, 0) is 5.92 Å². The van der Waals surface area contributed by atoms with E-state index in [-0.39, 0.29) is 5.92 Å². The molecule has 1 atom stereocenters. The van der Waals surface area contributed by atoms with Gasteiger partial charge >= 0.3 is 5.97 Å². The fourth-order valence-corrected chi connectivity index (χ4v) is 2.47. The van der Waals surface area contributed by atoms with E-state index in [4.69, 9.17) is 5.11 Å². The van der Waals surface area contributed by atoms with Crippen LogP contribution in [-0.4, -0.2) is 30.2 Å². The number of carbonyl (C=O) groups is 1. The molecule has 84 valence electrons. The third kappa shape index (κ3) is 2.68. The number of anilines is 1. The summed E-state index contributed by atoms with van der Waals surface area (Å²) in [6, 6.07) is 0. The van der Waals surface area contributed by atoms with E-state index in [0.29, 0.717) is 0 Å². The highest BCUT2D eigenvalue weighted by atomic mass is 32.1. The molecule has 0 saturated heterocycles. The van der Waals surface area contributed by atoms with E-state index >= 15 is 0 Å². The summed E-state index contributed by atoms with van der Waals surface area (Å²) in [5, 5.41) is 9.95. The summed E-state index contributed by atoms with van der Waals surface area (Å²) < 4.78 is 0. The third-order valence-electron chi connectivity index (χ3n) is 2.13. The van der Waals surface area contributed by atoms with Crippen molar-refractivity contribution in [2.75, 3.05) is 19.0 Å². The molecule has 4 nitrogen and oxygen atoms in total. The molecule has 1 rings (SSSR count). The number of hydrogen-bond donors (Lipinski definition) is 1. The van der Waals surface area contributed by atoms with Crippen LogP contribution in [-0.2, 0) is 4.79 Å². The lowest BCUT2D eigenvalue weighted by molar-refractivity contribution is -0.139. The van der Waals surface area contributed by atoms with E-state index in [0.717, 1.165) is 10.0 Å². The molecule has 15 heavy (non-hydrogen) atoms. The zero-order valence-corrected chi connectivity index (χ0v) is 10.2. The maximum atomic E-state index is 11.1. The Bertz CT molecular complexity index is 347. The van der Waals surface area contributed by atoms with Crippen molar-refractivity contribution in [3.05, 3.63) is 11.1 Å². The smallest absolute Gasteiger partial charge is 0.312 e. The summed E-state index contributed by atoms with van der Waals surface area (Å²) >= 11 is 1.44. The van der Waals surface area contributed by atoms with E-state index in [1.165, 1.54) is 11.3 Å². The zero-order valence-electron chi connectivity index (χ0n) is 9.39. The van der Waals surface area contributed by atoms with Gasteiger partial charge in [0, 0.05) is 25.2 Å². The first-order valence-corrected chi connectivity index (χ1v) is 5.61. The first kappa shape index (κ1) is 12.0. The molecule has 0 spiro atoms. The van der Waals surface area contributed by atoms with Crippen LogP contribution in [0.4, 0.5) is 5.13 Å². The fourth-order valence-electron chi connectivity index (χ4n) is 1.36. The lowest BCUT2D eigenvalue weighted by atomic mass is 9.95. The summed E-state index contributed by atoms with van der Waals surface area (Å²) in [5.41, 5.74) is 0. The number of nitrogens with zero attached hydrogens (tertiary/aromatic N) is 2. The molecule has 0 bridgehead atoms. The molecule has 0 aliphatic heterocycles. The zero-order chi connectivity index (χ0) is 11.6. The Morgan fingerprint density at radius 1 is 1.53 bits per heavy atom. The molecule has 1 heterocycles. The van der Waals surface area contributed by atoms with Gasteiger partial charge < -0.3 is 10.0 Å². The topological polar surface area (TPSA) is 53.4 Å². The van der Waals surface area contributed by atoms with Crippen molar-refractivity contribution < 1.29 is 9.90 Å². The number of carboxylic acids is 1. The van der Waals surface area contributed by atoms with E-state index in [9.17, 15) is 4.79 Å². The van der Waals surface area contributed by atoms with E-state index in [2.05, 4.69) is 4.98 Å². The molecule has 5 heteroatoms. The van der Waals surface area contributed by atoms with Gasteiger partial charge in [0.15, 0.2) is 5.13 Å². The Balaban J connectivity index is 2.97. The normalized spacial score (nSPS) is 12.9. The molecule has 1 aromatic heterocycles. The predicted octanol–water partition coefficient (Wildman–Crippen LogP) is 2.03. The Morgan fingerprint density at radius 3 is 2.47 bits per heavy atom. The molecule has 1 N–H and O–H groups in total. The van der Waals surface area contributed by atoms with Gasteiger partial charge in [0.05, 0.1) is 5.92 Å². The van der Waals surface area contributed by atoms with Crippen LogP contribution >= 0.6 is 11.3 Å². The van der Waals surface area contributed by atoms with Gasteiger partial charge in [-0.2, -0.15) is 0 Å². The van der Waals surface area contributed by atoms with Gasteiger partial charge in [-0.15, -0.1) is 11.3 Å². The second-order valence-corrected chi connectivity index (χ2v) is 5.04. The highest BCUT2D eigenvalue weighted by Gasteiger charge is 2.26. The largest absolute Gasteiger partial charge is 0.481 e. The van der Waals surface area contributed by atoms with Crippen molar-refractivity contribution in [3.63, 3.8) is 0 Å². The lowest BCUT2D eigenvalue weighted by Gasteiger charge is -2.13. The quantitative estimate of drug-likeness (QED) is 0.856. The minimum Gasteiger partial charge on any atom is -0.481 e. The summed E-state index contributed by atoms with van der Waals surface area (Å²) in [6.45, 7) is 3.82. The average Bonchev–Trinajstić information content (AvgIpc) is 2.51. The predicted molar refractivity (Wildman–Crippen MR) is 61.7 cm³/mol. The SMILES string of the molecule is CC(C)C(C(=O)O)c1cnc(N(C)C)s1. The Kier molecular flexibility index (Phi) is 3.68. The van der Waals surface area contributed by atoms with Crippen LogP contribution in [0.2, 0.25) is 0 Å². The fraction of sp³-hybridized carbons (Fsp3) is 0.600. The summed E-state index contributed by atoms with van der Waals surface area (Å²) in [7, 11) is 3.79. The first-order valence-electron chi connectivity index (χ1n) is 4.79. The summed E-state index contributed by atoms with van der Waals surface area (Å²) in [4.78, 5) is 18.0. The van der Waals surface area contributed by atoms with Gasteiger partial charge in [-0.1, -0.05) is 13.8 Å². The number of aromatic nitrogens is 1. The number of carboxylic acid groups (broad SMARTS) is 1. The number of rotatable bonds is 4. The molecular formula is C10H16N2O2S. The van der Waals surface area contributed by atoms with Crippen LogP contribution < -0.4 is 4.90 Å². The van der Waals surface area contributed by atoms with Crippen molar-refractivity contribution in [1.29, 1.82) is 0 Å². The van der Waals surface area contributed by atoms with Gasteiger partial charge in [0.2, 0.25) is 0 Å². The number of aliphatic carboxylic acids is 1. The van der Waals surface area contributed by atoms with E-state index in [1.54, 1.807) is 6.20 Å². The summed E-state index contributed by atoms with van der Waals surface area (Å²) in [6.07, 6.45) is 1.67. The minimum absolute atomic E-state index is 0.0814. The van der Waals surface area contributed by atoms with Crippen LogP contribution in [0.15, 0.2) is 6.20 Å². The molecule has 0 aromatic carbocycles. The van der Waals surface area contributed by atoms with Crippen molar-refractivity contribution >= 4 is 22.4 Å². The van der Waals surface area contributed by atoms with Gasteiger partial charge in [-0.25, -0.2) is 4.98 Å². The van der Waals surface area contributed by atoms with Crippen molar-refractivity contribution in [2.24, 2.45) is 5.92 Å². The van der Waals surface area contributed by atoms with Gasteiger partial charge in [-0.3, -0.25) is 4.79 Å². The molecule has 0 radical (unpaired) electrons. The second kappa shape index (κ2) is 4.61. The van der Waals surface area contributed by atoms with E-state index in [1.807, 2.05) is 32.8 Å². The average molecular weight is 228 g/mol. The van der Waals surface area contributed by atoms with Gasteiger partial charge in [0.1, 0.15) is 0 Å². The first-order chi connectivity index (χ1) is 6.93. The van der Waals surface area contributed by atoms with Crippen LogP contribution in [0.3, 0.4) is 0 Å². The standard InChI is InChI=1S/C10H16N2O2S/c1-6(2)8(9(13)14)7-5-11-10(15-7)12(3)4/h5-6,8H,1-4H3,(H,13,14). The van der Waals surface area contributed by atoms with Crippen LogP contribution in [0.1, 0.15) is 24.6 Å². The molecule has 1 unspecified atom stereocenters. The second-order valence-electron chi connectivity index (χ2n) is 4.00. The monoisotopic (exact) mass is 228 g/mol. The number of hydrogen-bond acceptors (Lipinski definition) is 4. The molecule has 0 amide bonds. The van der Waals surface area contributed by atoms with Crippen LogP contribution in [0.25, 0.3) is 0 Å². The minimum atomic E-state index is -0.779. The number of thiazole rings is 1. The lowest BCUT2D eigenvalue weighted by Crippen LogP contribution is -2.16. The summed E-state index contributed by atoms with van der Waals surface area (Å²) in [5.74, 6) is -1.15. The molecule has 0 fully saturated rings. The molecular weight excluding hydrogens is 212 g/mol. The van der Waals surface area contributed by atoms with Crippen LogP contribution in [0, 0.1) is 5.92 Å². The van der Waals surface area contributed by atoms with E-state index < -0.39 is 11.9 Å². The Morgan fingerprint density at radius 2 is 2.13 bits per heavy atom. The molecule has 0 saturated carbocycles. The molecule has 0 aliphatic carbocycles. The highest BCUT2D eigenvalue weighted by Crippen LogP contribution is 2.32. The Hall–Kier alpha value is -1.10. The van der Waals surface area contributed by atoms with Gasteiger partial charge in [0.25, 0.3) is 0 Å². The van der Waals surface area contributed by atoms with Crippen LogP contribution in [0.5, 0.6) is 0 Å². The maximum Gasteiger partial charge on any atom is 0.312 e.